The van der Waals surface area contributed by atoms with Crippen LogP contribution in [0.5, 0.6) is 0 Å². The molecule has 1 unspecified atom stereocenters. The molecule has 122 valence electrons. The number of carbonyl (C=O) groups excluding carboxylic acids is 1. The van der Waals surface area contributed by atoms with Gasteiger partial charge in [-0.15, -0.1) is 0 Å². The molecule has 0 aromatic carbocycles. The summed E-state index contributed by atoms with van der Waals surface area (Å²) in [5, 5.41) is 6.01. The average molecular weight is 322 g/mol. The largest absolute Gasteiger partial charge is 0.412 e. The van der Waals surface area contributed by atoms with Gasteiger partial charge in [0.25, 0.3) is 0 Å². The second-order valence-electron chi connectivity index (χ2n) is 7.33. The van der Waals surface area contributed by atoms with Gasteiger partial charge in [-0.25, -0.2) is 4.98 Å². The summed E-state index contributed by atoms with van der Waals surface area (Å²) in [6, 6.07) is 1.54. The van der Waals surface area contributed by atoms with E-state index in [0.29, 0.717) is 23.9 Å². The van der Waals surface area contributed by atoms with E-state index in [1.165, 1.54) is 0 Å². The molecule has 1 aromatic rings. The number of pyridine rings is 1. The predicted molar refractivity (Wildman–Crippen MR) is 92.3 cm³/mol. The van der Waals surface area contributed by atoms with Crippen molar-refractivity contribution in [1.29, 1.82) is 0 Å². The highest BCUT2D eigenvalue weighted by Crippen LogP contribution is 2.37. The number of hydrogen-bond acceptors (Lipinski definition) is 5. The number of anilines is 3. The van der Waals surface area contributed by atoms with Gasteiger partial charge in [-0.05, 0) is 31.1 Å². The summed E-state index contributed by atoms with van der Waals surface area (Å²) >= 11 is 0. The SMILES string of the molecule is CC1Nc2nc(N)c(CO[Si](C)(C)C(C)(C)C)cc2NC1=O. The normalized spacial score (nSPS) is 18.5. The molecule has 1 aliphatic rings. The van der Waals surface area contributed by atoms with Crippen LogP contribution in [0.25, 0.3) is 0 Å². The zero-order valence-electron chi connectivity index (χ0n) is 14.2. The number of fused-ring (bicyclic) bond motifs is 1. The Balaban J connectivity index is 2.20. The zero-order valence-corrected chi connectivity index (χ0v) is 15.2. The molecule has 0 saturated carbocycles. The van der Waals surface area contributed by atoms with Crippen LogP contribution in [-0.4, -0.2) is 25.3 Å². The average Bonchev–Trinajstić information content (AvgIpc) is 2.37. The van der Waals surface area contributed by atoms with Crippen molar-refractivity contribution in [3.8, 4) is 0 Å². The molecule has 1 atom stereocenters. The number of nitrogens with two attached hydrogens (primary N) is 1. The fourth-order valence-electron chi connectivity index (χ4n) is 1.88. The van der Waals surface area contributed by atoms with E-state index >= 15 is 0 Å². The molecule has 2 rings (SSSR count). The van der Waals surface area contributed by atoms with Gasteiger partial charge in [0.05, 0.1) is 12.3 Å². The Labute approximate surface area is 133 Å². The summed E-state index contributed by atoms with van der Waals surface area (Å²) < 4.78 is 6.19. The third-order valence-electron chi connectivity index (χ3n) is 4.53. The van der Waals surface area contributed by atoms with Crippen LogP contribution in [-0.2, 0) is 15.8 Å². The molecule has 0 bridgehead atoms. The summed E-state index contributed by atoms with van der Waals surface area (Å²) in [6.07, 6.45) is 0. The van der Waals surface area contributed by atoms with E-state index in [0.717, 1.165) is 5.56 Å². The minimum Gasteiger partial charge on any atom is -0.412 e. The predicted octanol–water partition coefficient (Wildman–Crippen LogP) is 2.94. The number of amides is 1. The number of nitrogens with zero attached hydrogens (tertiary/aromatic N) is 1. The minimum absolute atomic E-state index is 0.0738. The Morgan fingerprint density at radius 3 is 2.64 bits per heavy atom. The van der Waals surface area contributed by atoms with Crippen LogP contribution < -0.4 is 16.4 Å². The van der Waals surface area contributed by atoms with E-state index in [2.05, 4.69) is 49.5 Å². The molecule has 0 spiro atoms. The molecular weight excluding hydrogens is 296 g/mol. The molecule has 0 saturated heterocycles. The van der Waals surface area contributed by atoms with Crippen molar-refractivity contribution in [2.45, 2.75) is 58.5 Å². The first-order valence-corrected chi connectivity index (χ1v) is 10.4. The highest BCUT2D eigenvalue weighted by Gasteiger charge is 2.37. The van der Waals surface area contributed by atoms with Gasteiger partial charge < -0.3 is 20.8 Å². The van der Waals surface area contributed by atoms with Gasteiger partial charge in [0.1, 0.15) is 11.9 Å². The Morgan fingerprint density at radius 1 is 1.41 bits per heavy atom. The van der Waals surface area contributed by atoms with Gasteiger partial charge in [-0.3, -0.25) is 4.79 Å². The molecule has 4 N–H and O–H groups in total. The molecule has 7 heteroatoms. The standard InChI is InChI=1S/C15H26N4O2Si/c1-9-14(20)18-11-7-10(12(16)19-13(11)17-9)8-21-22(5,6)15(2,3)4/h7,9H,8H2,1-6H3,(H,18,20)(H3,16,17,19). The van der Waals surface area contributed by atoms with Gasteiger partial charge in [0, 0.05) is 5.56 Å². The Kier molecular flexibility index (Phi) is 4.23. The maximum absolute atomic E-state index is 11.7. The van der Waals surface area contributed by atoms with Crippen LogP contribution in [0.1, 0.15) is 33.3 Å². The van der Waals surface area contributed by atoms with Crippen LogP contribution in [0.4, 0.5) is 17.3 Å². The lowest BCUT2D eigenvalue weighted by molar-refractivity contribution is -0.116. The lowest BCUT2D eigenvalue weighted by atomic mass is 10.2. The molecule has 1 amide bonds. The second kappa shape index (κ2) is 5.55. The van der Waals surface area contributed by atoms with Crippen molar-refractivity contribution in [2.24, 2.45) is 0 Å². The lowest BCUT2D eigenvalue weighted by Crippen LogP contribution is -2.40. The summed E-state index contributed by atoms with van der Waals surface area (Å²) in [5.74, 6) is 0.976. The molecule has 0 radical (unpaired) electrons. The van der Waals surface area contributed by atoms with E-state index in [-0.39, 0.29) is 17.0 Å². The molecule has 1 aliphatic heterocycles. The molecule has 6 nitrogen and oxygen atoms in total. The Hall–Kier alpha value is -1.60. The quantitative estimate of drug-likeness (QED) is 0.745. The molecular formula is C15H26N4O2Si. The van der Waals surface area contributed by atoms with Crippen molar-refractivity contribution in [3.63, 3.8) is 0 Å². The third kappa shape index (κ3) is 3.25. The maximum atomic E-state index is 11.7. The molecule has 2 heterocycles. The molecule has 0 aliphatic carbocycles. The highest BCUT2D eigenvalue weighted by atomic mass is 28.4. The fourth-order valence-corrected chi connectivity index (χ4v) is 2.83. The van der Waals surface area contributed by atoms with Gasteiger partial charge >= 0.3 is 0 Å². The molecule has 0 fully saturated rings. The van der Waals surface area contributed by atoms with Crippen molar-refractivity contribution in [1.82, 2.24) is 4.98 Å². The van der Waals surface area contributed by atoms with Crippen LogP contribution in [0.15, 0.2) is 6.07 Å². The fraction of sp³-hybridized carbons (Fsp3) is 0.600. The van der Waals surface area contributed by atoms with Crippen molar-refractivity contribution in [2.75, 3.05) is 16.4 Å². The summed E-state index contributed by atoms with van der Waals surface area (Å²) in [5.41, 5.74) is 7.50. The van der Waals surface area contributed by atoms with Crippen LogP contribution in [0.2, 0.25) is 18.1 Å². The van der Waals surface area contributed by atoms with Crippen molar-refractivity contribution < 1.29 is 9.22 Å². The van der Waals surface area contributed by atoms with E-state index < -0.39 is 8.32 Å². The second-order valence-corrected chi connectivity index (χ2v) is 12.1. The molecule has 1 aromatic heterocycles. The van der Waals surface area contributed by atoms with Crippen LogP contribution >= 0.6 is 0 Å². The van der Waals surface area contributed by atoms with Gasteiger partial charge in [0.15, 0.2) is 14.1 Å². The summed E-state index contributed by atoms with van der Waals surface area (Å²) in [7, 11) is -1.86. The van der Waals surface area contributed by atoms with Gasteiger partial charge in [0.2, 0.25) is 5.91 Å². The number of carbonyl (C=O) groups is 1. The Bertz CT molecular complexity index is 596. The molecule has 22 heavy (non-hydrogen) atoms. The topological polar surface area (TPSA) is 89.3 Å². The highest BCUT2D eigenvalue weighted by molar-refractivity contribution is 6.74. The van der Waals surface area contributed by atoms with Crippen molar-refractivity contribution in [3.05, 3.63) is 11.6 Å². The van der Waals surface area contributed by atoms with E-state index in [1.807, 2.05) is 6.07 Å². The first-order chi connectivity index (χ1) is 10.0. The number of aromatic nitrogens is 1. The van der Waals surface area contributed by atoms with Gasteiger partial charge in [-0.1, -0.05) is 20.8 Å². The number of nitrogen functional groups attached to an aromatic ring is 1. The summed E-state index contributed by atoms with van der Waals surface area (Å²) in [4.78, 5) is 16.1. The lowest BCUT2D eigenvalue weighted by Gasteiger charge is -2.36. The van der Waals surface area contributed by atoms with E-state index in [4.69, 9.17) is 10.2 Å². The minimum atomic E-state index is -1.86. The summed E-state index contributed by atoms with van der Waals surface area (Å²) in [6.45, 7) is 13.2. The monoisotopic (exact) mass is 322 g/mol. The first kappa shape index (κ1) is 16.8. The van der Waals surface area contributed by atoms with Gasteiger partial charge in [-0.2, -0.15) is 0 Å². The smallest absolute Gasteiger partial charge is 0.246 e. The zero-order chi connectivity index (χ0) is 16.7. The maximum Gasteiger partial charge on any atom is 0.246 e. The Morgan fingerprint density at radius 2 is 2.05 bits per heavy atom. The van der Waals surface area contributed by atoms with E-state index in [1.54, 1.807) is 6.92 Å². The first-order valence-electron chi connectivity index (χ1n) is 7.52. The number of hydrogen-bond donors (Lipinski definition) is 3. The van der Waals surface area contributed by atoms with Crippen molar-refractivity contribution >= 4 is 31.5 Å². The van der Waals surface area contributed by atoms with Crippen LogP contribution in [0, 0.1) is 0 Å². The third-order valence-corrected chi connectivity index (χ3v) is 9.01. The van der Waals surface area contributed by atoms with E-state index in [9.17, 15) is 4.79 Å². The number of rotatable bonds is 3. The number of nitrogens with one attached hydrogen (secondary N) is 2. The van der Waals surface area contributed by atoms with Crippen LogP contribution in [0.3, 0.4) is 0 Å².